The van der Waals surface area contributed by atoms with Gasteiger partial charge in [0.2, 0.25) is 0 Å². The molecule has 2 atom stereocenters. The summed E-state index contributed by atoms with van der Waals surface area (Å²) in [4.78, 5) is 2.07. The normalized spacial score (nSPS) is 18.8. The molecule has 31 heavy (non-hydrogen) atoms. The summed E-state index contributed by atoms with van der Waals surface area (Å²) in [6, 6.07) is 13.6. The van der Waals surface area contributed by atoms with Crippen molar-refractivity contribution in [3.8, 4) is 11.5 Å². The highest BCUT2D eigenvalue weighted by molar-refractivity contribution is 7.91. The summed E-state index contributed by atoms with van der Waals surface area (Å²) in [5.41, 5.74) is 3.24. The van der Waals surface area contributed by atoms with Crippen LogP contribution in [0.2, 0.25) is 0 Å². The molecule has 2 aromatic carbocycles. The number of aliphatic hydroxyl groups is 1. The smallest absolute Gasteiger partial charge is 0.151 e. The van der Waals surface area contributed by atoms with Crippen LogP contribution in [0.25, 0.3) is 0 Å². The Morgan fingerprint density at radius 1 is 1.13 bits per heavy atom. The van der Waals surface area contributed by atoms with Gasteiger partial charge in [-0.05, 0) is 56.5 Å². The summed E-state index contributed by atoms with van der Waals surface area (Å²) >= 11 is 0. The van der Waals surface area contributed by atoms with Gasteiger partial charge in [-0.25, -0.2) is 8.42 Å². The number of aryl methyl sites for hydroxylation is 2. The van der Waals surface area contributed by atoms with Crippen molar-refractivity contribution in [2.24, 2.45) is 0 Å². The number of aliphatic hydroxyl groups excluding tert-OH is 1. The van der Waals surface area contributed by atoms with Crippen molar-refractivity contribution in [3.05, 3.63) is 59.2 Å². The first-order valence-corrected chi connectivity index (χ1v) is 12.6. The summed E-state index contributed by atoms with van der Waals surface area (Å²) in [6.45, 7) is 7.63. The van der Waals surface area contributed by atoms with E-state index in [-0.39, 0.29) is 24.2 Å². The third-order valence-corrected chi connectivity index (χ3v) is 7.30. The molecule has 0 bridgehead atoms. The third-order valence-electron chi connectivity index (χ3n) is 5.55. The van der Waals surface area contributed by atoms with Crippen molar-refractivity contribution in [3.63, 3.8) is 0 Å². The molecule has 170 valence electrons. The number of ether oxygens (including phenoxy) is 2. The Labute approximate surface area is 185 Å². The zero-order valence-electron chi connectivity index (χ0n) is 18.6. The molecule has 7 heteroatoms. The molecule has 0 aliphatic carbocycles. The van der Waals surface area contributed by atoms with E-state index >= 15 is 0 Å². The average molecular weight is 448 g/mol. The summed E-state index contributed by atoms with van der Waals surface area (Å²) in [6.07, 6.45) is -0.143. The van der Waals surface area contributed by atoms with Crippen LogP contribution in [0.5, 0.6) is 11.5 Å². The average Bonchev–Trinajstić information content (AvgIpc) is 3.08. The second kappa shape index (κ2) is 10.5. The van der Waals surface area contributed by atoms with Crippen LogP contribution in [0.15, 0.2) is 42.5 Å². The van der Waals surface area contributed by atoms with Crippen molar-refractivity contribution in [2.75, 3.05) is 31.3 Å². The molecule has 1 heterocycles. The molecule has 2 unspecified atom stereocenters. The van der Waals surface area contributed by atoms with Crippen LogP contribution in [-0.4, -0.2) is 61.8 Å². The number of hydrogen-bond donors (Lipinski definition) is 1. The Morgan fingerprint density at radius 3 is 2.48 bits per heavy atom. The minimum atomic E-state index is -3.02. The van der Waals surface area contributed by atoms with E-state index in [9.17, 15) is 13.5 Å². The summed E-state index contributed by atoms with van der Waals surface area (Å²) in [7, 11) is -3.02. The molecule has 1 saturated heterocycles. The lowest BCUT2D eigenvalue weighted by Crippen LogP contribution is -2.42. The molecule has 0 spiro atoms. The molecule has 3 rings (SSSR count). The van der Waals surface area contributed by atoms with Crippen LogP contribution in [0, 0.1) is 13.8 Å². The molecule has 0 saturated carbocycles. The van der Waals surface area contributed by atoms with E-state index in [0.29, 0.717) is 26.1 Å². The summed E-state index contributed by atoms with van der Waals surface area (Å²) in [5.74, 6) is 1.90. The maximum atomic E-state index is 12.0. The van der Waals surface area contributed by atoms with Gasteiger partial charge in [0.15, 0.2) is 9.84 Å². The van der Waals surface area contributed by atoms with E-state index in [1.807, 2.05) is 63.2 Å². The number of rotatable bonds is 10. The van der Waals surface area contributed by atoms with E-state index in [1.54, 1.807) is 0 Å². The van der Waals surface area contributed by atoms with E-state index < -0.39 is 15.9 Å². The fourth-order valence-electron chi connectivity index (χ4n) is 3.97. The molecule has 2 aromatic rings. The standard InChI is InChI=1S/C24H33NO5S/c1-4-29-23-8-6-20(7-9-23)14-25(21-11-12-31(27,28)17-21)15-22(26)16-30-24-10-5-18(2)13-19(24)3/h5-10,13,21-22,26H,4,11-12,14-17H2,1-3H3. The van der Waals surface area contributed by atoms with Gasteiger partial charge in [0.05, 0.1) is 18.1 Å². The van der Waals surface area contributed by atoms with Crippen molar-refractivity contribution in [1.82, 2.24) is 4.90 Å². The van der Waals surface area contributed by atoms with Crippen LogP contribution >= 0.6 is 0 Å². The molecule has 6 nitrogen and oxygen atoms in total. The van der Waals surface area contributed by atoms with E-state index in [0.717, 1.165) is 28.2 Å². The van der Waals surface area contributed by atoms with E-state index in [2.05, 4.69) is 4.90 Å². The van der Waals surface area contributed by atoms with Gasteiger partial charge in [-0.3, -0.25) is 4.90 Å². The Bertz CT molecular complexity index is 958. The van der Waals surface area contributed by atoms with Crippen molar-refractivity contribution in [1.29, 1.82) is 0 Å². The predicted octanol–water partition coefficient (Wildman–Crippen LogP) is 3.13. The SMILES string of the molecule is CCOc1ccc(CN(CC(O)COc2ccc(C)cc2C)C2CCS(=O)(=O)C2)cc1. The first kappa shape index (κ1) is 23.6. The highest BCUT2D eigenvalue weighted by Gasteiger charge is 2.33. The maximum Gasteiger partial charge on any atom is 0.151 e. The Kier molecular flexibility index (Phi) is 7.97. The zero-order valence-corrected chi connectivity index (χ0v) is 19.4. The van der Waals surface area contributed by atoms with Gasteiger partial charge < -0.3 is 14.6 Å². The Balaban J connectivity index is 1.65. The van der Waals surface area contributed by atoms with E-state index in [4.69, 9.17) is 9.47 Å². The third kappa shape index (κ3) is 6.95. The van der Waals surface area contributed by atoms with Crippen LogP contribution in [0.1, 0.15) is 30.0 Å². The largest absolute Gasteiger partial charge is 0.494 e. The summed E-state index contributed by atoms with van der Waals surface area (Å²) in [5, 5.41) is 10.7. The predicted molar refractivity (Wildman–Crippen MR) is 122 cm³/mol. The second-order valence-corrected chi connectivity index (χ2v) is 10.5. The molecule has 1 N–H and O–H groups in total. The highest BCUT2D eigenvalue weighted by atomic mass is 32.2. The van der Waals surface area contributed by atoms with Gasteiger partial charge in [0, 0.05) is 19.1 Å². The number of sulfone groups is 1. The van der Waals surface area contributed by atoms with Gasteiger partial charge in [0.25, 0.3) is 0 Å². The van der Waals surface area contributed by atoms with E-state index in [1.165, 1.54) is 0 Å². The fraction of sp³-hybridized carbons (Fsp3) is 0.500. The van der Waals surface area contributed by atoms with Gasteiger partial charge in [-0.15, -0.1) is 0 Å². The molecular weight excluding hydrogens is 414 g/mol. The lowest BCUT2D eigenvalue weighted by Gasteiger charge is -2.30. The minimum Gasteiger partial charge on any atom is -0.494 e. The highest BCUT2D eigenvalue weighted by Crippen LogP contribution is 2.23. The first-order chi connectivity index (χ1) is 14.8. The molecule has 0 amide bonds. The van der Waals surface area contributed by atoms with Gasteiger partial charge >= 0.3 is 0 Å². The first-order valence-electron chi connectivity index (χ1n) is 10.8. The van der Waals surface area contributed by atoms with Gasteiger partial charge in [-0.2, -0.15) is 0 Å². The Morgan fingerprint density at radius 2 is 1.87 bits per heavy atom. The molecule has 0 radical (unpaired) electrons. The van der Waals surface area contributed by atoms with Gasteiger partial charge in [-0.1, -0.05) is 29.8 Å². The quantitative estimate of drug-likeness (QED) is 0.603. The van der Waals surface area contributed by atoms with Crippen molar-refractivity contribution >= 4 is 9.84 Å². The lowest BCUT2D eigenvalue weighted by molar-refractivity contribution is 0.0523. The van der Waals surface area contributed by atoms with Crippen LogP contribution in [0.3, 0.4) is 0 Å². The molecule has 1 fully saturated rings. The van der Waals surface area contributed by atoms with Crippen LogP contribution in [-0.2, 0) is 16.4 Å². The second-order valence-electron chi connectivity index (χ2n) is 8.30. The maximum absolute atomic E-state index is 12.0. The minimum absolute atomic E-state index is 0.104. The Hall–Kier alpha value is -2.09. The fourth-order valence-corrected chi connectivity index (χ4v) is 5.73. The van der Waals surface area contributed by atoms with Crippen LogP contribution in [0.4, 0.5) is 0 Å². The topological polar surface area (TPSA) is 76.1 Å². The summed E-state index contributed by atoms with van der Waals surface area (Å²) < 4.78 is 35.4. The lowest BCUT2D eigenvalue weighted by atomic mass is 10.1. The molecule has 0 aromatic heterocycles. The zero-order chi connectivity index (χ0) is 22.4. The van der Waals surface area contributed by atoms with Crippen LogP contribution < -0.4 is 9.47 Å². The number of hydrogen-bond acceptors (Lipinski definition) is 6. The molecular formula is C24H33NO5S. The monoisotopic (exact) mass is 447 g/mol. The molecule has 1 aliphatic heterocycles. The number of nitrogens with zero attached hydrogens (tertiary/aromatic N) is 1. The number of benzene rings is 2. The van der Waals surface area contributed by atoms with Gasteiger partial charge in [0.1, 0.15) is 24.2 Å². The van der Waals surface area contributed by atoms with Crippen molar-refractivity contribution in [2.45, 2.75) is 45.9 Å². The van der Waals surface area contributed by atoms with Crippen molar-refractivity contribution < 1.29 is 23.0 Å². The molecule has 1 aliphatic rings.